The number of ketones is 1. The highest BCUT2D eigenvalue weighted by Crippen LogP contribution is 2.14. The Morgan fingerprint density at radius 2 is 1.72 bits per heavy atom. The highest BCUT2D eigenvalue weighted by Gasteiger charge is 2.06. The zero-order valence-corrected chi connectivity index (χ0v) is 10.5. The molecule has 0 saturated heterocycles. The normalized spacial score (nSPS) is 10.7. The van der Waals surface area contributed by atoms with E-state index in [1.165, 1.54) is 6.21 Å². The van der Waals surface area contributed by atoms with Crippen molar-refractivity contribution in [2.75, 3.05) is 0 Å². The van der Waals surface area contributed by atoms with Crippen LogP contribution in [0.25, 0.3) is 0 Å². The average Bonchev–Trinajstić information content (AvgIpc) is 2.40. The molecule has 2 rings (SSSR count). The van der Waals surface area contributed by atoms with Crippen molar-refractivity contribution in [2.45, 2.75) is 6.54 Å². The molecule has 0 heterocycles. The summed E-state index contributed by atoms with van der Waals surface area (Å²) in [7, 11) is 0. The van der Waals surface area contributed by atoms with E-state index < -0.39 is 0 Å². The third kappa shape index (κ3) is 3.28. The molecule has 2 nitrogen and oxygen atoms in total. The molecule has 0 fully saturated rings. The summed E-state index contributed by atoms with van der Waals surface area (Å²) < 4.78 is 0. The number of benzene rings is 2. The molecule has 0 aliphatic carbocycles. The Bertz CT molecular complexity index is 564. The van der Waals surface area contributed by atoms with Gasteiger partial charge in [-0.2, -0.15) is 0 Å². The summed E-state index contributed by atoms with van der Waals surface area (Å²) >= 11 is 5.93. The van der Waals surface area contributed by atoms with Gasteiger partial charge in [0.25, 0.3) is 0 Å². The van der Waals surface area contributed by atoms with Gasteiger partial charge in [0.2, 0.25) is 5.78 Å². The van der Waals surface area contributed by atoms with Crippen molar-refractivity contribution in [1.29, 1.82) is 0 Å². The van der Waals surface area contributed by atoms with Crippen LogP contribution in [-0.2, 0) is 6.54 Å². The number of aliphatic imine (C=N–C) groups is 1. The van der Waals surface area contributed by atoms with Gasteiger partial charge in [-0.15, -0.1) is 0 Å². The predicted molar refractivity (Wildman–Crippen MR) is 74.4 cm³/mol. The maximum Gasteiger partial charge on any atom is 0.205 e. The molecule has 0 aliphatic heterocycles. The van der Waals surface area contributed by atoms with Crippen LogP contribution in [0, 0.1) is 0 Å². The van der Waals surface area contributed by atoms with Crippen LogP contribution in [0.5, 0.6) is 0 Å². The lowest BCUT2D eigenvalue weighted by Crippen LogP contribution is -2.01. The molecular weight excluding hydrogens is 246 g/mol. The van der Waals surface area contributed by atoms with E-state index >= 15 is 0 Å². The van der Waals surface area contributed by atoms with E-state index in [0.29, 0.717) is 17.1 Å². The van der Waals surface area contributed by atoms with Crippen LogP contribution in [-0.4, -0.2) is 12.0 Å². The Kier molecular flexibility index (Phi) is 4.26. The summed E-state index contributed by atoms with van der Waals surface area (Å²) in [5.74, 6) is -0.170. The van der Waals surface area contributed by atoms with Crippen LogP contribution in [0.1, 0.15) is 15.9 Å². The van der Waals surface area contributed by atoms with Gasteiger partial charge in [-0.1, -0.05) is 54.1 Å². The molecule has 18 heavy (non-hydrogen) atoms. The van der Waals surface area contributed by atoms with E-state index in [2.05, 4.69) is 4.99 Å². The van der Waals surface area contributed by atoms with Crippen molar-refractivity contribution in [1.82, 2.24) is 0 Å². The first-order chi connectivity index (χ1) is 8.77. The quantitative estimate of drug-likeness (QED) is 0.605. The molecule has 0 unspecified atom stereocenters. The third-order valence-electron chi connectivity index (χ3n) is 2.46. The monoisotopic (exact) mass is 257 g/mol. The van der Waals surface area contributed by atoms with Crippen LogP contribution in [0.15, 0.2) is 59.6 Å². The first-order valence-electron chi connectivity index (χ1n) is 5.60. The number of Topliss-reactive ketones (excluding diaryl/α,β-unsaturated/α-hetero) is 1. The molecule has 0 aliphatic rings. The summed E-state index contributed by atoms with van der Waals surface area (Å²) in [6.45, 7) is 0.497. The topological polar surface area (TPSA) is 29.4 Å². The summed E-state index contributed by atoms with van der Waals surface area (Å²) in [6, 6.07) is 16.7. The van der Waals surface area contributed by atoms with Crippen LogP contribution in [0.3, 0.4) is 0 Å². The van der Waals surface area contributed by atoms with Crippen molar-refractivity contribution >= 4 is 23.6 Å². The highest BCUT2D eigenvalue weighted by atomic mass is 35.5. The average molecular weight is 258 g/mol. The zero-order valence-electron chi connectivity index (χ0n) is 9.71. The Morgan fingerprint density at radius 1 is 1.06 bits per heavy atom. The number of carbonyl (C=O) groups is 1. The van der Waals surface area contributed by atoms with E-state index in [-0.39, 0.29) is 5.78 Å². The van der Waals surface area contributed by atoms with Gasteiger partial charge >= 0.3 is 0 Å². The van der Waals surface area contributed by atoms with E-state index in [0.717, 1.165) is 5.56 Å². The van der Waals surface area contributed by atoms with Crippen LogP contribution in [0.4, 0.5) is 0 Å². The van der Waals surface area contributed by atoms with Crippen LogP contribution < -0.4 is 0 Å². The molecule has 0 saturated carbocycles. The zero-order chi connectivity index (χ0) is 12.8. The van der Waals surface area contributed by atoms with E-state index in [9.17, 15) is 4.79 Å². The minimum atomic E-state index is -0.170. The molecule has 0 spiro atoms. The molecule has 90 valence electrons. The molecule has 0 N–H and O–H groups in total. The second kappa shape index (κ2) is 6.12. The molecule has 0 aromatic heterocycles. The number of hydrogen-bond acceptors (Lipinski definition) is 2. The Hall–Kier alpha value is -1.93. The summed E-state index contributed by atoms with van der Waals surface area (Å²) in [5.41, 5.74) is 1.55. The third-order valence-corrected chi connectivity index (χ3v) is 2.79. The first-order valence-corrected chi connectivity index (χ1v) is 5.98. The molecule has 2 aromatic rings. The van der Waals surface area contributed by atoms with Crippen molar-refractivity contribution in [3.8, 4) is 0 Å². The van der Waals surface area contributed by atoms with Crippen LogP contribution >= 0.6 is 11.6 Å². The fourth-order valence-corrected chi connectivity index (χ4v) is 1.78. The van der Waals surface area contributed by atoms with E-state index in [4.69, 9.17) is 11.6 Å². The van der Waals surface area contributed by atoms with Crippen molar-refractivity contribution < 1.29 is 4.79 Å². The number of nitrogens with zero attached hydrogens (tertiary/aromatic N) is 1. The minimum absolute atomic E-state index is 0.170. The molecule has 3 heteroatoms. The SMILES string of the molecule is O=C(C=NCc1ccccc1)c1ccccc1Cl. The molecule has 0 amide bonds. The van der Waals surface area contributed by atoms with Gasteiger partial charge in [-0.3, -0.25) is 9.79 Å². The lowest BCUT2D eigenvalue weighted by molar-refractivity contribution is 0.107. The number of rotatable bonds is 4. The molecule has 2 aromatic carbocycles. The second-order valence-corrected chi connectivity index (χ2v) is 4.21. The first kappa shape index (κ1) is 12.5. The molecule has 0 radical (unpaired) electrons. The van der Waals surface area contributed by atoms with Crippen molar-refractivity contribution in [2.24, 2.45) is 4.99 Å². The number of halogens is 1. The standard InChI is InChI=1S/C15H12ClNO/c16-14-9-5-4-8-13(14)15(18)11-17-10-12-6-2-1-3-7-12/h1-9,11H,10H2. The fraction of sp³-hybridized carbons (Fsp3) is 0.0667. The van der Waals surface area contributed by atoms with Gasteiger partial charge in [0.1, 0.15) is 0 Å². The number of hydrogen-bond donors (Lipinski definition) is 0. The summed E-state index contributed by atoms with van der Waals surface area (Å²) in [4.78, 5) is 15.9. The smallest absolute Gasteiger partial charge is 0.205 e. The Balaban J connectivity index is 2.02. The molecular formula is C15H12ClNO. The van der Waals surface area contributed by atoms with Gasteiger partial charge in [0.05, 0.1) is 17.8 Å². The van der Waals surface area contributed by atoms with E-state index in [1.54, 1.807) is 24.3 Å². The lowest BCUT2D eigenvalue weighted by Gasteiger charge is -1.98. The van der Waals surface area contributed by atoms with Gasteiger partial charge in [-0.05, 0) is 17.7 Å². The van der Waals surface area contributed by atoms with Gasteiger partial charge in [-0.25, -0.2) is 0 Å². The Morgan fingerprint density at radius 3 is 2.44 bits per heavy atom. The summed E-state index contributed by atoms with van der Waals surface area (Å²) in [5, 5.41) is 0.452. The second-order valence-electron chi connectivity index (χ2n) is 3.80. The lowest BCUT2D eigenvalue weighted by atomic mass is 10.1. The predicted octanol–water partition coefficient (Wildman–Crippen LogP) is 3.79. The molecule has 0 atom stereocenters. The Labute approximate surface area is 111 Å². The summed E-state index contributed by atoms with van der Waals surface area (Å²) in [6.07, 6.45) is 1.33. The van der Waals surface area contributed by atoms with Gasteiger partial charge in [0, 0.05) is 5.56 Å². The van der Waals surface area contributed by atoms with Gasteiger partial charge < -0.3 is 0 Å². The maximum absolute atomic E-state index is 11.8. The minimum Gasteiger partial charge on any atom is -0.288 e. The largest absolute Gasteiger partial charge is 0.288 e. The van der Waals surface area contributed by atoms with Gasteiger partial charge in [0.15, 0.2) is 0 Å². The van der Waals surface area contributed by atoms with Crippen molar-refractivity contribution in [3.63, 3.8) is 0 Å². The number of carbonyl (C=O) groups excluding carboxylic acids is 1. The van der Waals surface area contributed by atoms with E-state index in [1.807, 2.05) is 30.3 Å². The van der Waals surface area contributed by atoms with Crippen molar-refractivity contribution in [3.05, 3.63) is 70.7 Å². The maximum atomic E-state index is 11.8. The van der Waals surface area contributed by atoms with Crippen LogP contribution in [0.2, 0.25) is 5.02 Å². The fourth-order valence-electron chi connectivity index (χ4n) is 1.55. The molecule has 0 bridgehead atoms. The highest BCUT2D eigenvalue weighted by molar-refractivity contribution is 6.42.